The van der Waals surface area contributed by atoms with Gasteiger partial charge in [0.25, 0.3) is 0 Å². The van der Waals surface area contributed by atoms with Crippen molar-refractivity contribution in [2.75, 3.05) is 26.2 Å². The zero-order chi connectivity index (χ0) is 13.1. The molecule has 2 heteroatoms. The van der Waals surface area contributed by atoms with E-state index in [1.165, 1.54) is 45.3 Å². The Hall–Kier alpha value is -0.0800. The van der Waals surface area contributed by atoms with Gasteiger partial charge in [-0.05, 0) is 38.4 Å². The van der Waals surface area contributed by atoms with Gasteiger partial charge >= 0.3 is 0 Å². The first kappa shape index (κ1) is 16.9. The van der Waals surface area contributed by atoms with Gasteiger partial charge in [0.05, 0.1) is 0 Å². The molecule has 1 N–H and O–H groups in total. The first-order chi connectivity index (χ1) is 8.15. The summed E-state index contributed by atoms with van der Waals surface area (Å²) in [4.78, 5) is 2.65. The molecule has 0 heterocycles. The van der Waals surface area contributed by atoms with Crippen molar-refractivity contribution in [1.29, 1.82) is 0 Å². The first-order valence-electron chi connectivity index (χ1n) is 7.61. The van der Waals surface area contributed by atoms with Gasteiger partial charge in [-0.1, -0.05) is 47.5 Å². The lowest BCUT2D eigenvalue weighted by Crippen LogP contribution is -2.44. The predicted molar refractivity (Wildman–Crippen MR) is 78.6 cm³/mol. The van der Waals surface area contributed by atoms with Crippen LogP contribution in [-0.2, 0) is 0 Å². The van der Waals surface area contributed by atoms with Crippen LogP contribution in [0.5, 0.6) is 0 Å². The van der Waals surface area contributed by atoms with E-state index in [9.17, 15) is 0 Å². The lowest BCUT2D eigenvalue weighted by Gasteiger charge is -2.30. The zero-order valence-electron chi connectivity index (χ0n) is 12.8. The Morgan fingerprint density at radius 3 is 1.82 bits per heavy atom. The predicted octanol–water partition coefficient (Wildman–Crippen LogP) is 3.52. The molecule has 0 aliphatic rings. The monoisotopic (exact) mass is 242 g/mol. The molecule has 0 aliphatic carbocycles. The van der Waals surface area contributed by atoms with Gasteiger partial charge in [0.2, 0.25) is 0 Å². The van der Waals surface area contributed by atoms with Crippen LogP contribution in [0.15, 0.2) is 0 Å². The third kappa shape index (κ3) is 8.62. The van der Waals surface area contributed by atoms with E-state index in [0.29, 0.717) is 6.04 Å². The standard InChI is InChI=1S/C15H34N2/c1-6-9-11-17(12-10-7-2)13-15(14(4)5)16-8-3/h14-16H,6-13H2,1-5H3. The van der Waals surface area contributed by atoms with E-state index in [1.54, 1.807) is 0 Å². The minimum atomic E-state index is 0.647. The molecule has 2 nitrogen and oxygen atoms in total. The molecular weight excluding hydrogens is 208 g/mol. The Morgan fingerprint density at radius 1 is 0.941 bits per heavy atom. The molecule has 0 spiro atoms. The second-order valence-electron chi connectivity index (χ2n) is 5.42. The van der Waals surface area contributed by atoms with Crippen LogP contribution in [0.3, 0.4) is 0 Å². The normalized spacial score (nSPS) is 13.6. The minimum absolute atomic E-state index is 0.647. The smallest absolute Gasteiger partial charge is 0.0217 e. The van der Waals surface area contributed by atoms with E-state index in [2.05, 4.69) is 44.8 Å². The second-order valence-corrected chi connectivity index (χ2v) is 5.42. The summed E-state index contributed by atoms with van der Waals surface area (Å²) in [6.45, 7) is 16.2. The minimum Gasteiger partial charge on any atom is -0.313 e. The van der Waals surface area contributed by atoms with Crippen molar-refractivity contribution in [3.63, 3.8) is 0 Å². The first-order valence-corrected chi connectivity index (χ1v) is 7.61. The van der Waals surface area contributed by atoms with Crippen LogP contribution in [0.1, 0.15) is 60.3 Å². The number of rotatable bonds is 11. The summed E-state index contributed by atoms with van der Waals surface area (Å²) in [6.07, 6.45) is 5.27. The van der Waals surface area contributed by atoms with E-state index in [-0.39, 0.29) is 0 Å². The highest BCUT2D eigenvalue weighted by atomic mass is 15.1. The van der Waals surface area contributed by atoms with Gasteiger partial charge in [-0.2, -0.15) is 0 Å². The van der Waals surface area contributed by atoms with E-state index in [4.69, 9.17) is 0 Å². The van der Waals surface area contributed by atoms with Crippen molar-refractivity contribution in [1.82, 2.24) is 10.2 Å². The fourth-order valence-electron chi connectivity index (χ4n) is 2.11. The van der Waals surface area contributed by atoms with E-state index >= 15 is 0 Å². The maximum Gasteiger partial charge on any atom is 0.0217 e. The molecule has 0 aromatic heterocycles. The summed E-state index contributed by atoms with van der Waals surface area (Å²) >= 11 is 0. The zero-order valence-corrected chi connectivity index (χ0v) is 12.8. The van der Waals surface area contributed by atoms with Crippen LogP contribution in [0.4, 0.5) is 0 Å². The van der Waals surface area contributed by atoms with Crippen molar-refractivity contribution in [2.24, 2.45) is 5.92 Å². The molecule has 0 bridgehead atoms. The molecular formula is C15H34N2. The van der Waals surface area contributed by atoms with Crippen molar-refractivity contribution >= 4 is 0 Å². The molecule has 0 radical (unpaired) electrons. The molecule has 0 fully saturated rings. The van der Waals surface area contributed by atoms with Crippen LogP contribution in [0, 0.1) is 5.92 Å². The molecule has 0 aromatic carbocycles. The summed E-state index contributed by atoms with van der Waals surface area (Å²) in [5, 5.41) is 3.62. The van der Waals surface area contributed by atoms with Crippen molar-refractivity contribution in [3.05, 3.63) is 0 Å². The summed E-state index contributed by atoms with van der Waals surface area (Å²) < 4.78 is 0. The summed E-state index contributed by atoms with van der Waals surface area (Å²) in [5.74, 6) is 0.723. The largest absolute Gasteiger partial charge is 0.313 e. The van der Waals surface area contributed by atoms with Crippen molar-refractivity contribution < 1.29 is 0 Å². The Morgan fingerprint density at radius 2 is 1.47 bits per heavy atom. The Balaban J connectivity index is 4.14. The molecule has 0 saturated heterocycles. The van der Waals surface area contributed by atoms with E-state index < -0.39 is 0 Å². The second kappa shape index (κ2) is 11.0. The molecule has 0 amide bonds. The summed E-state index contributed by atoms with van der Waals surface area (Å²) in [7, 11) is 0. The molecule has 17 heavy (non-hydrogen) atoms. The molecule has 1 atom stereocenters. The molecule has 0 rings (SSSR count). The maximum atomic E-state index is 3.62. The van der Waals surface area contributed by atoms with Gasteiger partial charge in [-0.3, -0.25) is 0 Å². The third-order valence-electron chi connectivity index (χ3n) is 3.38. The average molecular weight is 242 g/mol. The van der Waals surface area contributed by atoms with E-state index in [1.807, 2.05) is 0 Å². The number of nitrogens with zero attached hydrogens (tertiary/aromatic N) is 1. The Bertz CT molecular complexity index is 149. The van der Waals surface area contributed by atoms with Gasteiger partial charge < -0.3 is 10.2 Å². The summed E-state index contributed by atoms with van der Waals surface area (Å²) in [6, 6.07) is 0.647. The fraction of sp³-hybridized carbons (Fsp3) is 1.00. The molecule has 104 valence electrons. The molecule has 0 saturated carbocycles. The van der Waals surface area contributed by atoms with Gasteiger partial charge in [0, 0.05) is 12.6 Å². The van der Waals surface area contributed by atoms with Crippen LogP contribution >= 0.6 is 0 Å². The van der Waals surface area contributed by atoms with Crippen LogP contribution in [-0.4, -0.2) is 37.1 Å². The fourth-order valence-corrected chi connectivity index (χ4v) is 2.11. The van der Waals surface area contributed by atoms with Crippen LogP contribution < -0.4 is 5.32 Å². The van der Waals surface area contributed by atoms with Crippen LogP contribution in [0.2, 0.25) is 0 Å². The number of unbranched alkanes of at least 4 members (excludes halogenated alkanes) is 2. The molecule has 0 aliphatic heterocycles. The van der Waals surface area contributed by atoms with Gasteiger partial charge in [-0.15, -0.1) is 0 Å². The lowest BCUT2D eigenvalue weighted by atomic mass is 10.0. The number of likely N-dealkylation sites (N-methyl/N-ethyl adjacent to an activating group) is 1. The van der Waals surface area contributed by atoms with Crippen molar-refractivity contribution in [3.8, 4) is 0 Å². The van der Waals surface area contributed by atoms with Crippen molar-refractivity contribution in [2.45, 2.75) is 66.3 Å². The third-order valence-corrected chi connectivity index (χ3v) is 3.38. The SMILES string of the molecule is CCCCN(CCCC)CC(NCC)C(C)C. The summed E-state index contributed by atoms with van der Waals surface area (Å²) in [5.41, 5.74) is 0. The van der Waals surface area contributed by atoms with Gasteiger partial charge in [0.15, 0.2) is 0 Å². The highest BCUT2D eigenvalue weighted by Crippen LogP contribution is 2.07. The van der Waals surface area contributed by atoms with Gasteiger partial charge in [0.1, 0.15) is 0 Å². The Labute approximate surface area is 109 Å². The maximum absolute atomic E-state index is 3.62. The average Bonchev–Trinajstić information content (AvgIpc) is 2.31. The number of hydrogen-bond acceptors (Lipinski definition) is 2. The quantitative estimate of drug-likeness (QED) is 0.596. The number of nitrogens with one attached hydrogen (secondary N) is 1. The molecule has 0 aromatic rings. The Kier molecular flexibility index (Phi) is 11.0. The highest BCUT2D eigenvalue weighted by Gasteiger charge is 2.15. The topological polar surface area (TPSA) is 15.3 Å². The highest BCUT2D eigenvalue weighted by molar-refractivity contribution is 4.74. The van der Waals surface area contributed by atoms with Gasteiger partial charge in [-0.25, -0.2) is 0 Å². The molecule has 1 unspecified atom stereocenters. The van der Waals surface area contributed by atoms with E-state index in [0.717, 1.165) is 12.5 Å². The number of hydrogen-bond donors (Lipinski definition) is 1. The lowest BCUT2D eigenvalue weighted by molar-refractivity contribution is 0.213. The van der Waals surface area contributed by atoms with Crippen LogP contribution in [0.25, 0.3) is 0 Å².